The van der Waals surface area contributed by atoms with Crippen molar-refractivity contribution in [2.75, 3.05) is 26.1 Å². The number of H-pyrrole nitrogens is 1. The first-order chi connectivity index (χ1) is 14.4. The van der Waals surface area contributed by atoms with Crippen LogP contribution >= 0.6 is 0 Å². The molecular formula is C20H17N3O7. The molecule has 0 aliphatic rings. The van der Waals surface area contributed by atoms with E-state index < -0.39 is 30.4 Å². The number of para-hydroxylation sites is 1. The van der Waals surface area contributed by atoms with Crippen molar-refractivity contribution in [3.63, 3.8) is 0 Å². The molecule has 154 valence electrons. The number of carbonyl (C=O) groups excluding carboxylic acids is 4. The summed E-state index contributed by atoms with van der Waals surface area (Å²) < 4.78 is 14.3. The highest BCUT2D eigenvalue weighted by Gasteiger charge is 2.18. The van der Waals surface area contributed by atoms with Crippen LogP contribution in [0.25, 0.3) is 10.9 Å². The summed E-state index contributed by atoms with van der Waals surface area (Å²) in [6.45, 7) is -0.601. The van der Waals surface area contributed by atoms with Crippen molar-refractivity contribution in [1.29, 1.82) is 0 Å². The second-order valence-corrected chi connectivity index (χ2v) is 6.02. The van der Waals surface area contributed by atoms with Crippen LogP contribution in [-0.4, -0.2) is 54.8 Å². The highest BCUT2D eigenvalue weighted by Crippen LogP contribution is 2.18. The van der Waals surface area contributed by atoms with Gasteiger partial charge in [-0.05, 0) is 24.3 Å². The number of rotatable bonds is 6. The Balaban J connectivity index is 1.70. The molecule has 0 spiro atoms. The molecule has 3 aromatic rings. The Bertz CT molecular complexity index is 1100. The van der Waals surface area contributed by atoms with E-state index in [2.05, 4.69) is 25.0 Å². The fourth-order valence-electron chi connectivity index (χ4n) is 2.69. The zero-order valence-corrected chi connectivity index (χ0v) is 16.1. The minimum atomic E-state index is -0.777. The molecule has 0 fully saturated rings. The number of aromatic nitrogens is 2. The molecule has 2 aromatic carbocycles. The Morgan fingerprint density at radius 1 is 0.933 bits per heavy atom. The molecule has 30 heavy (non-hydrogen) atoms. The zero-order chi connectivity index (χ0) is 21.7. The number of carbonyl (C=O) groups is 4. The summed E-state index contributed by atoms with van der Waals surface area (Å²) in [5.74, 6) is -2.86. The Hall–Kier alpha value is -4.21. The van der Waals surface area contributed by atoms with Gasteiger partial charge in [0.2, 0.25) is 0 Å². The van der Waals surface area contributed by atoms with Crippen molar-refractivity contribution >= 4 is 40.4 Å². The molecule has 1 heterocycles. The molecular weight excluding hydrogens is 394 g/mol. The number of esters is 3. The van der Waals surface area contributed by atoms with Gasteiger partial charge in [0.1, 0.15) is 0 Å². The number of fused-ring (bicyclic) bond motifs is 1. The van der Waals surface area contributed by atoms with Gasteiger partial charge in [-0.15, -0.1) is 0 Å². The van der Waals surface area contributed by atoms with E-state index >= 15 is 0 Å². The number of aromatic amines is 1. The average Bonchev–Trinajstić information content (AvgIpc) is 3.20. The molecule has 0 aliphatic heterocycles. The standard InChI is InChI=1S/C20H17N3O7/c1-28-18(25)11-7-12(19(26)29-2)9-13(8-11)21-16(24)10-30-20(27)17-14-5-3-4-6-15(14)22-23-17/h3-9H,10H2,1-2H3,(H,21,24)(H,22,23). The maximum absolute atomic E-state index is 12.2. The average molecular weight is 411 g/mol. The van der Waals surface area contributed by atoms with Crippen molar-refractivity contribution in [2.24, 2.45) is 0 Å². The predicted molar refractivity (Wildman–Crippen MR) is 104 cm³/mol. The summed E-state index contributed by atoms with van der Waals surface area (Å²) in [5.41, 5.74) is 0.916. The van der Waals surface area contributed by atoms with Crippen LogP contribution in [0.15, 0.2) is 42.5 Å². The largest absolute Gasteiger partial charge is 0.465 e. The van der Waals surface area contributed by atoms with Gasteiger partial charge in [0.05, 0.1) is 30.9 Å². The molecule has 0 saturated carbocycles. The van der Waals surface area contributed by atoms with E-state index in [0.29, 0.717) is 10.9 Å². The van der Waals surface area contributed by atoms with Crippen molar-refractivity contribution in [3.8, 4) is 0 Å². The van der Waals surface area contributed by atoms with Gasteiger partial charge < -0.3 is 19.5 Å². The van der Waals surface area contributed by atoms with Crippen LogP contribution < -0.4 is 5.32 Å². The fourth-order valence-corrected chi connectivity index (χ4v) is 2.69. The van der Waals surface area contributed by atoms with Gasteiger partial charge in [-0.1, -0.05) is 18.2 Å². The van der Waals surface area contributed by atoms with E-state index in [9.17, 15) is 19.2 Å². The number of hydrogen-bond donors (Lipinski definition) is 2. The normalized spacial score (nSPS) is 10.3. The number of amides is 1. The van der Waals surface area contributed by atoms with Crippen LogP contribution in [0, 0.1) is 0 Å². The van der Waals surface area contributed by atoms with Gasteiger partial charge >= 0.3 is 17.9 Å². The summed E-state index contributed by atoms with van der Waals surface area (Å²) in [5, 5.41) is 9.63. The third kappa shape index (κ3) is 4.43. The molecule has 0 radical (unpaired) electrons. The lowest BCUT2D eigenvalue weighted by Crippen LogP contribution is -2.21. The first-order valence-corrected chi connectivity index (χ1v) is 8.64. The molecule has 0 unspecified atom stereocenters. The SMILES string of the molecule is COC(=O)c1cc(NC(=O)COC(=O)c2n[nH]c3ccccc23)cc(C(=O)OC)c1. The highest BCUT2D eigenvalue weighted by atomic mass is 16.5. The minimum Gasteiger partial charge on any atom is -0.465 e. The lowest BCUT2D eigenvalue weighted by Gasteiger charge is -2.10. The quantitative estimate of drug-likeness (QED) is 0.464. The summed E-state index contributed by atoms with van der Waals surface area (Å²) in [4.78, 5) is 48.0. The third-order valence-electron chi connectivity index (χ3n) is 4.06. The Labute approximate surface area is 170 Å². The topological polar surface area (TPSA) is 137 Å². The highest BCUT2D eigenvalue weighted by molar-refractivity contribution is 6.03. The number of methoxy groups -OCH3 is 2. The Kier molecular flexibility index (Phi) is 6.06. The first-order valence-electron chi connectivity index (χ1n) is 8.64. The molecule has 0 bridgehead atoms. The minimum absolute atomic E-state index is 0.0377. The molecule has 10 heteroatoms. The first kappa shape index (κ1) is 20.5. The maximum Gasteiger partial charge on any atom is 0.359 e. The number of ether oxygens (including phenoxy) is 3. The predicted octanol–water partition coefficient (Wildman–Crippen LogP) is 1.93. The van der Waals surface area contributed by atoms with Gasteiger partial charge in [0, 0.05) is 11.1 Å². The number of nitrogens with zero attached hydrogens (tertiary/aromatic N) is 1. The van der Waals surface area contributed by atoms with Crippen LogP contribution in [0.4, 0.5) is 5.69 Å². The van der Waals surface area contributed by atoms with Gasteiger partial charge in [-0.2, -0.15) is 5.10 Å². The van der Waals surface area contributed by atoms with E-state index in [1.807, 2.05) is 0 Å². The van der Waals surface area contributed by atoms with Crippen LogP contribution in [0.1, 0.15) is 31.2 Å². The van der Waals surface area contributed by atoms with Crippen molar-refractivity contribution < 1.29 is 33.4 Å². The van der Waals surface area contributed by atoms with Crippen LogP contribution in [0.3, 0.4) is 0 Å². The molecule has 2 N–H and O–H groups in total. The molecule has 3 rings (SSSR count). The monoisotopic (exact) mass is 411 g/mol. The third-order valence-corrected chi connectivity index (χ3v) is 4.06. The molecule has 0 atom stereocenters. The van der Waals surface area contributed by atoms with E-state index in [0.717, 1.165) is 0 Å². The van der Waals surface area contributed by atoms with Crippen LogP contribution in [0.5, 0.6) is 0 Å². The van der Waals surface area contributed by atoms with Crippen molar-refractivity contribution in [1.82, 2.24) is 10.2 Å². The smallest absolute Gasteiger partial charge is 0.359 e. The van der Waals surface area contributed by atoms with E-state index in [1.54, 1.807) is 24.3 Å². The van der Waals surface area contributed by atoms with Crippen molar-refractivity contribution in [3.05, 3.63) is 59.3 Å². The van der Waals surface area contributed by atoms with Gasteiger partial charge in [-0.25, -0.2) is 14.4 Å². The van der Waals surface area contributed by atoms with Crippen molar-refractivity contribution in [2.45, 2.75) is 0 Å². The second-order valence-electron chi connectivity index (χ2n) is 6.02. The lowest BCUT2D eigenvalue weighted by atomic mass is 10.1. The van der Waals surface area contributed by atoms with Crippen LogP contribution in [-0.2, 0) is 19.0 Å². The molecule has 1 aromatic heterocycles. The number of benzene rings is 2. The fraction of sp³-hybridized carbons (Fsp3) is 0.150. The number of nitrogens with one attached hydrogen (secondary N) is 2. The molecule has 1 amide bonds. The zero-order valence-electron chi connectivity index (χ0n) is 16.1. The molecule has 0 saturated heterocycles. The number of hydrogen-bond acceptors (Lipinski definition) is 8. The summed E-state index contributed by atoms with van der Waals surface area (Å²) in [6.07, 6.45) is 0. The van der Waals surface area contributed by atoms with Crippen LogP contribution in [0.2, 0.25) is 0 Å². The summed E-state index contributed by atoms with van der Waals surface area (Å²) >= 11 is 0. The van der Waals surface area contributed by atoms with E-state index in [-0.39, 0.29) is 22.5 Å². The summed E-state index contributed by atoms with van der Waals surface area (Å²) in [7, 11) is 2.37. The number of anilines is 1. The Morgan fingerprint density at radius 2 is 1.57 bits per heavy atom. The van der Waals surface area contributed by atoms with Gasteiger partial charge in [0.15, 0.2) is 12.3 Å². The Morgan fingerprint density at radius 3 is 2.20 bits per heavy atom. The second kappa shape index (κ2) is 8.86. The van der Waals surface area contributed by atoms with Gasteiger partial charge in [0.25, 0.3) is 5.91 Å². The maximum atomic E-state index is 12.2. The van der Waals surface area contributed by atoms with E-state index in [4.69, 9.17) is 4.74 Å². The van der Waals surface area contributed by atoms with Gasteiger partial charge in [-0.3, -0.25) is 9.89 Å². The molecule has 0 aliphatic carbocycles. The lowest BCUT2D eigenvalue weighted by molar-refractivity contribution is -0.119. The summed E-state index contributed by atoms with van der Waals surface area (Å²) in [6, 6.07) is 10.9. The van der Waals surface area contributed by atoms with E-state index in [1.165, 1.54) is 32.4 Å². The molecule has 10 nitrogen and oxygen atoms in total.